The fourth-order valence-corrected chi connectivity index (χ4v) is 5.14. The number of nitrogens with two attached hydrogens (primary N) is 1. The van der Waals surface area contributed by atoms with Gasteiger partial charge in [-0.25, -0.2) is 8.42 Å². The number of nitrogens with zero attached hydrogens (tertiary/aromatic N) is 2. The first-order chi connectivity index (χ1) is 15.2. The SMILES string of the molecule is CC(C)c1ccccc1OC[C@@H](O)CN1CCN(S(=O)(=O)c2ccc(C(N)=O)cc2)CC1. The molecule has 32 heavy (non-hydrogen) atoms. The highest BCUT2D eigenvalue weighted by molar-refractivity contribution is 7.89. The Morgan fingerprint density at radius 2 is 1.69 bits per heavy atom. The molecule has 0 saturated carbocycles. The van der Waals surface area contributed by atoms with Crippen molar-refractivity contribution in [3.8, 4) is 5.75 Å². The summed E-state index contributed by atoms with van der Waals surface area (Å²) in [6.45, 7) is 6.44. The minimum Gasteiger partial charge on any atom is -0.491 e. The molecule has 1 atom stereocenters. The summed E-state index contributed by atoms with van der Waals surface area (Å²) >= 11 is 0. The Labute approximate surface area is 189 Å². The Balaban J connectivity index is 1.50. The first kappa shape index (κ1) is 24.2. The van der Waals surface area contributed by atoms with E-state index in [1.54, 1.807) is 0 Å². The average Bonchev–Trinajstić information content (AvgIpc) is 2.78. The molecule has 174 valence electrons. The van der Waals surface area contributed by atoms with E-state index < -0.39 is 22.0 Å². The lowest BCUT2D eigenvalue weighted by Gasteiger charge is -2.34. The van der Waals surface area contributed by atoms with Gasteiger partial charge in [-0.05, 0) is 41.8 Å². The zero-order valence-corrected chi connectivity index (χ0v) is 19.3. The summed E-state index contributed by atoms with van der Waals surface area (Å²) in [7, 11) is -3.65. The molecule has 3 rings (SSSR count). The fourth-order valence-electron chi connectivity index (χ4n) is 3.72. The van der Waals surface area contributed by atoms with Crippen molar-refractivity contribution < 1.29 is 23.1 Å². The lowest BCUT2D eigenvalue weighted by Crippen LogP contribution is -2.50. The molecular weight excluding hydrogens is 430 g/mol. The van der Waals surface area contributed by atoms with Crippen LogP contribution in [0.2, 0.25) is 0 Å². The predicted molar refractivity (Wildman–Crippen MR) is 122 cm³/mol. The summed E-state index contributed by atoms with van der Waals surface area (Å²) in [5.74, 6) is 0.503. The van der Waals surface area contributed by atoms with Gasteiger partial charge in [-0.15, -0.1) is 0 Å². The molecule has 0 aliphatic carbocycles. The normalized spacial score (nSPS) is 16.8. The highest BCUT2D eigenvalue weighted by Crippen LogP contribution is 2.26. The van der Waals surface area contributed by atoms with Crippen molar-refractivity contribution >= 4 is 15.9 Å². The summed E-state index contributed by atoms with van der Waals surface area (Å²) in [5.41, 5.74) is 6.58. The zero-order chi connectivity index (χ0) is 23.3. The van der Waals surface area contributed by atoms with Gasteiger partial charge in [-0.1, -0.05) is 32.0 Å². The first-order valence-corrected chi connectivity index (χ1v) is 12.1. The lowest BCUT2D eigenvalue weighted by molar-refractivity contribution is 0.0565. The predicted octanol–water partition coefficient (Wildman–Crippen LogP) is 1.66. The zero-order valence-electron chi connectivity index (χ0n) is 18.5. The van der Waals surface area contributed by atoms with E-state index in [1.807, 2.05) is 29.2 Å². The Hall–Kier alpha value is -2.46. The van der Waals surface area contributed by atoms with Gasteiger partial charge in [0.1, 0.15) is 18.5 Å². The fraction of sp³-hybridized carbons (Fsp3) is 0.435. The number of sulfonamides is 1. The second-order valence-electron chi connectivity index (χ2n) is 8.25. The molecule has 2 aromatic carbocycles. The number of hydrogen-bond donors (Lipinski definition) is 2. The molecule has 3 N–H and O–H groups in total. The number of aliphatic hydroxyl groups excluding tert-OH is 1. The van der Waals surface area contributed by atoms with Crippen molar-refractivity contribution in [1.82, 2.24) is 9.21 Å². The number of primary amides is 1. The van der Waals surface area contributed by atoms with E-state index in [9.17, 15) is 18.3 Å². The third kappa shape index (κ3) is 5.86. The van der Waals surface area contributed by atoms with Gasteiger partial charge in [0, 0.05) is 38.3 Å². The number of amides is 1. The number of β-amino-alcohol motifs (C(OH)–C–C–N with tert-alkyl or cyclic N) is 1. The minimum absolute atomic E-state index is 0.133. The van der Waals surface area contributed by atoms with Gasteiger partial charge in [-0.2, -0.15) is 4.31 Å². The Morgan fingerprint density at radius 1 is 1.06 bits per heavy atom. The van der Waals surface area contributed by atoms with Gasteiger partial charge >= 0.3 is 0 Å². The Bertz CT molecular complexity index is 1020. The highest BCUT2D eigenvalue weighted by Gasteiger charge is 2.29. The molecule has 1 aliphatic rings. The van der Waals surface area contributed by atoms with Gasteiger partial charge in [-0.3, -0.25) is 9.69 Å². The minimum atomic E-state index is -3.65. The van der Waals surface area contributed by atoms with E-state index in [4.69, 9.17) is 10.5 Å². The van der Waals surface area contributed by atoms with E-state index in [1.165, 1.54) is 28.6 Å². The molecule has 8 nitrogen and oxygen atoms in total. The van der Waals surface area contributed by atoms with Gasteiger partial charge in [0.25, 0.3) is 0 Å². The Kier molecular flexibility index (Phi) is 7.89. The summed E-state index contributed by atoms with van der Waals surface area (Å²) in [6.07, 6.45) is -0.681. The molecule has 9 heteroatoms. The maximum Gasteiger partial charge on any atom is 0.248 e. The topological polar surface area (TPSA) is 113 Å². The van der Waals surface area contributed by atoms with Crippen LogP contribution in [0.3, 0.4) is 0 Å². The van der Waals surface area contributed by atoms with Gasteiger partial charge in [0.05, 0.1) is 4.90 Å². The summed E-state index contributed by atoms with van der Waals surface area (Å²) in [5, 5.41) is 10.4. The van der Waals surface area contributed by atoms with Crippen LogP contribution in [0.4, 0.5) is 0 Å². The van der Waals surface area contributed by atoms with Gasteiger partial charge in [0.15, 0.2) is 0 Å². The van der Waals surface area contributed by atoms with Crippen LogP contribution in [0.1, 0.15) is 35.7 Å². The van der Waals surface area contributed by atoms with E-state index in [2.05, 4.69) is 13.8 Å². The van der Waals surface area contributed by atoms with Crippen LogP contribution in [0.5, 0.6) is 5.75 Å². The van der Waals surface area contributed by atoms with E-state index in [0.717, 1.165) is 11.3 Å². The number of carbonyl (C=O) groups excluding carboxylic acids is 1. The van der Waals surface area contributed by atoms with Gasteiger partial charge in [0.2, 0.25) is 15.9 Å². The molecule has 0 aromatic heterocycles. The van der Waals surface area contributed by atoms with Crippen LogP contribution in [-0.4, -0.2) is 74.1 Å². The van der Waals surface area contributed by atoms with Crippen molar-refractivity contribution in [1.29, 1.82) is 0 Å². The number of carbonyl (C=O) groups is 1. The molecular formula is C23H31N3O5S. The van der Waals surface area contributed by atoms with Crippen LogP contribution in [0.25, 0.3) is 0 Å². The number of aliphatic hydroxyl groups is 1. The van der Waals surface area contributed by atoms with Crippen LogP contribution < -0.4 is 10.5 Å². The van der Waals surface area contributed by atoms with Crippen molar-refractivity contribution in [2.45, 2.75) is 30.8 Å². The molecule has 1 saturated heterocycles. The standard InChI is InChI=1S/C23H31N3O5S/c1-17(2)21-5-3-4-6-22(21)31-16-19(27)15-25-11-13-26(14-12-25)32(29,30)20-9-7-18(8-10-20)23(24)28/h3-10,17,19,27H,11-16H2,1-2H3,(H2,24,28)/t19-/m0/s1. The number of hydrogen-bond acceptors (Lipinski definition) is 6. The molecule has 1 fully saturated rings. The number of para-hydroxylation sites is 1. The number of benzene rings is 2. The van der Waals surface area contributed by atoms with Gasteiger partial charge < -0.3 is 15.6 Å². The van der Waals surface area contributed by atoms with Crippen molar-refractivity contribution in [3.63, 3.8) is 0 Å². The largest absolute Gasteiger partial charge is 0.491 e. The van der Waals surface area contributed by atoms with Crippen LogP contribution in [0.15, 0.2) is 53.4 Å². The number of ether oxygens (including phenoxy) is 1. The van der Waals surface area contributed by atoms with Crippen LogP contribution >= 0.6 is 0 Å². The maximum atomic E-state index is 12.9. The third-order valence-electron chi connectivity index (χ3n) is 5.55. The molecule has 2 aromatic rings. The van der Waals surface area contributed by atoms with Crippen LogP contribution in [-0.2, 0) is 10.0 Å². The second-order valence-corrected chi connectivity index (χ2v) is 10.2. The lowest BCUT2D eigenvalue weighted by atomic mass is 10.0. The van der Waals surface area contributed by atoms with Crippen molar-refractivity contribution in [2.24, 2.45) is 5.73 Å². The highest BCUT2D eigenvalue weighted by atomic mass is 32.2. The molecule has 0 spiro atoms. The first-order valence-electron chi connectivity index (χ1n) is 10.7. The average molecular weight is 462 g/mol. The Morgan fingerprint density at radius 3 is 2.28 bits per heavy atom. The molecule has 0 unspecified atom stereocenters. The quantitative estimate of drug-likeness (QED) is 0.587. The van der Waals surface area contributed by atoms with E-state index in [-0.39, 0.29) is 17.1 Å². The summed E-state index contributed by atoms with van der Waals surface area (Å²) in [6, 6.07) is 13.4. The molecule has 1 heterocycles. The second kappa shape index (κ2) is 10.4. The molecule has 0 bridgehead atoms. The third-order valence-corrected chi connectivity index (χ3v) is 7.46. The van der Waals surface area contributed by atoms with E-state index in [0.29, 0.717) is 38.6 Å². The smallest absolute Gasteiger partial charge is 0.248 e. The maximum absolute atomic E-state index is 12.9. The van der Waals surface area contributed by atoms with Crippen LogP contribution in [0, 0.1) is 0 Å². The van der Waals surface area contributed by atoms with Crippen molar-refractivity contribution in [3.05, 3.63) is 59.7 Å². The molecule has 0 radical (unpaired) electrons. The number of rotatable bonds is 9. The monoisotopic (exact) mass is 461 g/mol. The summed E-state index contributed by atoms with van der Waals surface area (Å²) < 4.78 is 33.0. The molecule has 1 amide bonds. The van der Waals surface area contributed by atoms with Crippen molar-refractivity contribution in [2.75, 3.05) is 39.3 Å². The van der Waals surface area contributed by atoms with E-state index >= 15 is 0 Å². The summed E-state index contributed by atoms with van der Waals surface area (Å²) in [4.78, 5) is 13.4. The molecule has 1 aliphatic heterocycles. The number of piperazine rings is 1.